The molecule has 4 aromatic carbocycles. The highest BCUT2D eigenvalue weighted by Crippen LogP contribution is 2.31. The summed E-state index contributed by atoms with van der Waals surface area (Å²) in [5.41, 5.74) is 5.73. The molecule has 0 saturated heterocycles. The molecule has 6 heteroatoms. The van der Waals surface area contributed by atoms with Crippen molar-refractivity contribution in [2.45, 2.75) is 25.8 Å². The summed E-state index contributed by atoms with van der Waals surface area (Å²) in [6, 6.07) is 31.6. The van der Waals surface area contributed by atoms with Crippen LogP contribution in [-0.4, -0.2) is 28.3 Å². The lowest BCUT2D eigenvalue weighted by molar-refractivity contribution is 0.0518. The molecule has 0 radical (unpaired) electrons. The number of aromatic nitrogens is 2. The first kappa shape index (κ1) is 23.7. The molecule has 5 aromatic rings. The third-order valence-corrected chi connectivity index (χ3v) is 7.05. The van der Waals surface area contributed by atoms with Crippen LogP contribution in [0.25, 0.3) is 27.7 Å². The zero-order chi connectivity index (χ0) is 26.1. The number of benzene rings is 4. The molecule has 1 aliphatic rings. The van der Waals surface area contributed by atoms with Gasteiger partial charge in [-0.15, -0.1) is 0 Å². The lowest BCUT2D eigenvalue weighted by Gasteiger charge is -2.14. The standard InChI is InChI=1S/C32H27N3O3/c1-2-38-32(37)29-20-30(25-12-11-21-7-3-4-9-24(21)19-25)35(34-29)26-16-13-23(14-17-26)31(36)33-28-18-15-22-8-5-6-10-27(22)28/h3-14,16-17,19-20,28H,2,15,18H2,1H3,(H,33,36). The Balaban J connectivity index is 1.31. The van der Waals surface area contributed by atoms with Gasteiger partial charge in [-0.1, -0.05) is 60.7 Å². The van der Waals surface area contributed by atoms with Crippen LogP contribution in [0.3, 0.4) is 0 Å². The number of nitrogens with zero attached hydrogens (tertiary/aromatic N) is 2. The van der Waals surface area contributed by atoms with Crippen LogP contribution < -0.4 is 5.32 Å². The first-order chi connectivity index (χ1) is 18.6. The van der Waals surface area contributed by atoms with Gasteiger partial charge < -0.3 is 10.1 Å². The quantitative estimate of drug-likeness (QED) is 0.278. The largest absolute Gasteiger partial charge is 0.461 e. The number of hydrogen-bond donors (Lipinski definition) is 1. The van der Waals surface area contributed by atoms with Crippen molar-refractivity contribution < 1.29 is 14.3 Å². The molecular formula is C32H27N3O3. The topological polar surface area (TPSA) is 73.2 Å². The molecule has 1 aliphatic carbocycles. The summed E-state index contributed by atoms with van der Waals surface area (Å²) in [4.78, 5) is 25.6. The molecule has 1 amide bonds. The van der Waals surface area contributed by atoms with E-state index in [9.17, 15) is 9.59 Å². The maximum absolute atomic E-state index is 13.0. The third-order valence-electron chi connectivity index (χ3n) is 7.05. The number of ether oxygens (including phenoxy) is 1. The number of esters is 1. The summed E-state index contributed by atoms with van der Waals surface area (Å²) in [5, 5.41) is 9.98. The fourth-order valence-electron chi connectivity index (χ4n) is 5.14. The van der Waals surface area contributed by atoms with Crippen molar-refractivity contribution in [3.63, 3.8) is 0 Å². The smallest absolute Gasteiger partial charge is 0.358 e. The van der Waals surface area contributed by atoms with Gasteiger partial charge >= 0.3 is 5.97 Å². The Hall–Kier alpha value is -4.71. The molecule has 1 aromatic heterocycles. The highest BCUT2D eigenvalue weighted by atomic mass is 16.5. The molecule has 6 nitrogen and oxygen atoms in total. The average Bonchev–Trinajstić information content (AvgIpc) is 3.58. The van der Waals surface area contributed by atoms with Crippen molar-refractivity contribution in [1.82, 2.24) is 15.1 Å². The van der Waals surface area contributed by atoms with Gasteiger partial charge in [-0.05, 0) is 78.1 Å². The second-order valence-electron chi connectivity index (χ2n) is 9.42. The van der Waals surface area contributed by atoms with Crippen LogP contribution in [0.4, 0.5) is 0 Å². The van der Waals surface area contributed by atoms with E-state index < -0.39 is 5.97 Å². The number of aryl methyl sites for hydroxylation is 1. The third kappa shape index (κ3) is 4.45. The van der Waals surface area contributed by atoms with Gasteiger partial charge in [-0.2, -0.15) is 5.10 Å². The Morgan fingerprint density at radius 3 is 2.50 bits per heavy atom. The van der Waals surface area contributed by atoms with Crippen LogP contribution in [0.5, 0.6) is 0 Å². The van der Waals surface area contributed by atoms with Gasteiger partial charge in [0, 0.05) is 11.1 Å². The number of rotatable bonds is 6. The first-order valence-corrected chi connectivity index (χ1v) is 12.9. The maximum atomic E-state index is 13.0. The second kappa shape index (κ2) is 9.98. The van der Waals surface area contributed by atoms with Crippen LogP contribution in [-0.2, 0) is 11.2 Å². The van der Waals surface area contributed by atoms with E-state index in [0.717, 1.165) is 40.6 Å². The molecule has 0 saturated carbocycles. The minimum atomic E-state index is -0.471. The Labute approximate surface area is 220 Å². The monoisotopic (exact) mass is 501 g/mol. The molecule has 1 unspecified atom stereocenters. The van der Waals surface area contributed by atoms with Crippen molar-refractivity contribution in [2.24, 2.45) is 0 Å². The SMILES string of the molecule is CCOC(=O)c1cc(-c2ccc3ccccc3c2)n(-c2ccc(C(=O)NC3CCc4ccccc43)cc2)n1. The minimum Gasteiger partial charge on any atom is -0.461 e. The highest BCUT2D eigenvalue weighted by Gasteiger charge is 2.24. The van der Waals surface area contributed by atoms with Crippen molar-refractivity contribution in [2.75, 3.05) is 6.61 Å². The van der Waals surface area contributed by atoms with E-state index in [1.807, 2.05) is 42.5 Å². The number of fused-ring (bicyclic) bond motifs is 2. The van der Waals surface area contributed by atoms with E-state index in [2.05, 4.69) is 46.8 Å². The maximum Gasteiger partial charge on any atom is 0.358 e. The fraction of sp³-hybridized carbons (Fsp3) is 0.156. The van der Waals surface area contributed by atoms with Crippen LogP contribution in [0.15, 0.2) is 97.1 Å². The van der Waals surface area contributed by atoms with E-state index >= 15 is 0 Å². The summed E-state index contributed by atoms with van der Waals surface area (Å²) >= 11 is 0. The number of carbonyl (C=O) groups excluding carboxylic acids is 2. The lowest BCUT2D eigenvalue weighted by Crippen LogP contribution is -2.27. The number of carbonyl (C=O) groups is 2. The Morgan fingerprint density at radius 2 is 1.68 bits per heavy atom. The van der Waals surface area contributed by atoms with E-state index in [4.69, 9.17) is 4.74 Å². The van der Waals surface area contributed by atoms with Gasteiger partial charge in [0.05, 0.1) is 24.0 Å². The van der Waals surface area contributed by atoms with Gasteiger partial charge in [0.25, 0.3) is 5.91 Å². The zero-order valence-electron chi connectivity index (χ0n) is 21.1. The van der Waals surface area contributed by atoms with Crippen molar-refractivity contribution in [3.8, 4) is 16.9 Å². The molecular weight excluding hydrogens is 474 g/mol. The summed E-state index contributed by atoms with van der Waals surface area (Å²) in [7, 11) is 0. The van der Waals surface area contributed by atoms with Crippen LogP contribution in [0.1, 0.15) is 51.4 Å². The molecule has 0 aliphatic heterocycles. The number of amides is 1. The minimum absolute atomic E-state index is 0.0242. The molecule has 38 heavy (non-hydrogen) atoms. The lowest BCUT2D eigenvalue weighted by atomic mass is 10.0. The Kier molecular flexibility index (Phi) is 6.22. The van der Waals surface area contributed by atoms with Crippen LogP contribution in [0, 0.1) is 0 Å². The van der Waals surface area contributed by atoms with Crippen molar-refractivity contribution in [1.29, 1.82) is 0 Å². The van der Waals surface area contributed by atoms with Gasteiger partial charge in [0.15, 0.2) is 5.69 Å². The first-order valence-electron chi connectivity index (χ1n) is 12.9. The molecule has 6 rings (SSSR count). The molecule has 0 fully saturated rings. The van der Waals surface area contributed by atoms with E-state index in [0.29, 0.717) is 5.56 Å². The molecule has 1 atom stereocenters. The molecule has 188 valence electrons. The van der Waals surface area contributed by atoms with Gasteiger partial charge in [0.2, 0.25) is 0 Å². The highest BCUT2D eigenvalue weighted by molar-refractivity contribution is 5.95. The predicted molar refractivity (Wildman–Crippen MR) is 147 cm³/mol. The van der Waals surface area contributed by atoms with Gasteiger partial charge in [-0.3, -0.25) is 4.79 Å². The van der Waals surface area contributed by atoms with E-state index in [-0.39, 0.29) is 24.2 Å². The molecule has 1 N–H and O–H groups in total. The Morgan fingerprint density at radius 1 is 0.921 bits per heavy atom. The zero-order valence-corrected chi connectivity index (χ0v) is 21.1. The number of hydrogen-bond acceptors (Lipinski definition) is 4. The summed E-state index contributed by atoms with van der Waals surface area (Å²) in [6.45, 7) is 2.04. The van der Waals surface area contributed by atoms with Crippen molar-refractivity contribution >= 4 is 22.6 Å². The average molecular weight is 502 g/mol. The summed E-state index contributed by atoms with van der Waals surface area (Å²) < 4.78 is 6.94. The summed E-state index contributed by atoms with van der Waals surface area (Å²) in [5.74, 6) is -0.582. The normalized spacial score (nSPS) is 14.3. The predicted octanol–water partition coefficient (Wildman–Crippen LogP) is 6.29. The molecule has 0 bridgehead atoms. The van der Waals surface area contributed by atoms with Gasteiger partial charge in [0.1, 0.15) is 0 Å². The van der Waals surface area contributed by atoms with E-state index in [1.165, 1.54) is 11.1 Å². The van der Waals surface area contributed by atoms with Crippen LogP contribution in [0.2, 0.25) is 0 Å². The van der Waals surface area contributed by atoms with Gasteiger partial charge in [-0.25, -0.2) is 9.48 Å². The van der Waals surface area contributed by atoms with Crippen molar-refractivity contribution in [3.05, 3.63) is 119 Å². The second-order valence-corrected chi connectivity index (χ2v) is 9.42. The Bertz CT molecular complexity index is 1650. The molecule has 1 heterocycles. The van der Waals surface area contributed by atoms with E-state index in [1.54, 1.807) is 29.8 Å². The van der Waals surface area contributed by atoms with Crippen LogP contribution >= 0.6 is 0 Å². The summed E-state index contributed by atoms with van der Waals surface area (Å²) in [6.07, 6.45) is 1.88. The fourth-order valence-corrected chi connectivity index (χ4v) is 5.14. The molecule has 0 spiro atoms. The number of nitrogens with one attached hydrogen (secondary N) is 1.